The Morgan fingerprint density at radius 3 is 0.259 bits per heavy atom. The van der Waals surface area contributed by atoms with Crippen LogP contribution in [0.15, 0.2) is 0 Å². The molecule has 0 spiro atoms. The Balaban J connectivity index is -0.0000000201. The molecule has 0 atom stereocenters. The van der Waals surface area contributed by atoms with Gasteiger partial charge in [0.15, 0.2) is 0 Å². The molecule has 0 N–H and O–H groups in total. The van der Waals surface area contributed by atoms with Gasteiger partial charge in [0, 0.05) is 0 Å². The maximum atomic E-state index is 8.41. The molecule has 0 unspecified atom stereocenters. The monoisotopic (exact) mass is 670 g/mol. The average molecular weight is 673 g/mol. The van der Waals surface area contributed by atoms with E-state index in [0.29, 0.717) is 0 Å². The fourth-order valence-corrected chi connectivity index (χ4v) is 0. The van der Waals surface area contributed by atoms with Gasteiger partial charge in [-0.1, -0.05) is 0 Å². The standard InChI is InChI=1S/6ClO3.Co.Mn.Ni/c6*2-1(3)4;;;/q6*-1;3*+2. The van der Waals surface area contributed by atoms with E-state index in [1.807, 2.05) is 0 Å². The predicted molar refractivity (Wildman–Crippen MR) is 0 cm³/mol. The van der Waals surface area contributed by atoms with Crippen LogP contribution in [0, 0.1) is 64.7 Å². The Hall–Kier alpha value is 2.54. The molecule has 0 aromatic rings. The van der Waals surface area contributed by atoms with Crippen LogP contribution < -0.4 is 83.9 Å². The molecule has 2 radical (unpaired) electrons. The molecule has 0 saturated carbocycles. The van der Waals surface area contributed by atoms with Gasteiger partial charge in [-0.05, 0) is 0 Å². The quantitative estimate of drug-likeness (QED) is 0.215. The summed E-state index contributed by atoms with van der Waals surface area (Å²) in [7, 11) is -17.1. The van der Waals surface area contributed by atoms with Crippen LogP contribution in [0.5, 0.6) is 0 Å². The molecule has 27 heavy (non-hydrogen) atoms. The summed E-state index contributed by atoms with van der Waals surface area (Å²) in [6.45, 7) is 0. The minimum absolute atomic E-state index is 0. The molecule has 0 aromatic carbocycles. The second-order valence-corrected chi connectivity index (χ2v) is 3.40. The number of rotatable bonds is 0. The van der Waals surface area contributed by atoms with Crippen LogP contribution in [0.2, 0.25) is 0 Å². The Morgan fingerprint density at radius 2 is 0.259 bits per heavy atom. The molecule has 0 aliphatic heterocycles. The van der Waals surface area contributed by atoms with Crippen molar-refractivity contribution >= 4 is 0 Å². The van der Waals surface area contributed by atoms with E-state index in [9.17, 15) is 0 Å². The van der Waals surface area contributed by atoms with E-state index in [-0.39, 0.29) is 50.3 Å². The second kappa shape index (κ2) is 51.3. The van der Waals surface area contributed by atoms with E-state index in [0.717, 1.165) is 0 Å². The first-order valence-electron chi connectivity index (χ1n) is 2.78. The van der Waals surface area contributed by atoms with Crippen molar-refractivity contribution in [3.8, 4) is 0 Å². The van der Waals surface area contributed by atoms with E-state index in [1.54, 1.807) is 0 Å². The van der Waals surface area contributed by atoms with Gasteiger partial charge < -0.3 is 83.9 Å². The van der Waals surface area contributed by atoms with Crippen LogP contribution in [0.4, 0.5) is 0 Å². The molecule has 176 valence electrons. The molecule has 0 aliphatic rings. The van der Waals surface area contributed by atoms with E-state index in [2.05, 4.69) is 0 Å². The van der Waals surface area contributed by atoms with Crippen LogP contribution in [-0.2, 0) is 50.3 Å². The molecular formula is Cl6CoMnNiO18. The third-order valence-electron chi connectivity index (χ3n) is 0. The van der Waals surface area contributed by atoms with Crippen molar-refractivity contribution in [2.24, 2.45) is 0 Å². The van der Waals surface area contributed by atoms with Gasteiger partial charge in [-0.25, -0.2) is 0 Å². The van der Waals surface area contributed by atoms with Crippen molar-refractivity contribution in [3.05, 3.63) is 0 Å². The third-order valence-corrected chi connectivity index (χ3v) is 0. The van der Waals surface area contributed by atoms with Crippen molar-refractivity contribution in [1.82, 2.24) is 0 Å². The van der Waals surface area contributed by atoms with Gasteiger partial charge in [0.05, 0.1) is 64.7 Å². The zero-order chi connectivity index (χ0) is 21.5. The summed E-state index contributed by atoms with van der Waals surface area (Å²) in [6, 6.07) is 0. The van der Waals surface area contributed by atoms with Crippen LogP contribution in [0.1, 0.15) is 0 Å². The average Bonchev–Trinajstić information content (AvgIpc) is 2.08. The Labute approximate surface area is 197 Å². The fourth-order valence-electron chi connectivity index (χ4n) is 0. The van der Waals surface area contributed by atoms with E-state index >= 15 is 0 Å². The molecule has 0 bridgehead atoms. The molecule has 0 fully saturated rings. The molecule has 0 heterocycles. The third kappa shape index (κ3) is 3120. The smallest absolute Gasteiger partial charge is 0.357 e. The van der Waals surface area contributed by atoms with Crippen molar-refractivity contribution in [1.29, 1.82) is 0 Å². The molecule has 0 saturated heterocycles. The summed E-state index contributed by atoms with van der Waals surface area (Å²) in [5, 5.41) is 0. The van der Waals surface area contributed by atoms with Crippen LogP contribution in [-0.4, -0.2) is 0 Å². The van der Waals surface area contributed by atoms with E-state index in [1.165, 1.54) is 0 Å². The molecule has 27 heteroatoms. The van der Waals surface area contributed by atoms with Gasteiger partial charge in [-0.3, -0.25) is 0 Å². The Morgan fingerprint density at radius 1 is 0.259 bits per heavy atom. The van der Waals surface area contributed by atoms with Gasteiger partial charge in [0.2, 0.25) is 0 Å². The molecular weight excluding hydrogens is 673 g/mol. The molecule has 0 amide bonds. The van der Waals surface area contributed by atoms with Crippen molar-refractivity contribution < 1.29 is 199 Å². The Bertz CT molecular complexity index is 113. The van der Waals surface area contributed by atoms with Gasteiger partial charge in [-0.2, -0.15) is 0 Å². The van der Waals surface area contributed by atoms with E-state index < -0.39 is 64.7 Å². The fraction of sp³-hybridized carbons (Fsp3) is 0. The SMILES string of the molecule is [Co+2].[Mn+2].[Ni+2].[O-][Cl+2]([O-])[O-].[O-][Cl+2]([O-])[O-].[O-][Cl+2]([O-])[O-].[O-][Cl+2]([O-])[O-].[O-][Cl+2]([O-])[O-].[O-][Cl+2]([O-])[O-]. The van der Waals surface area contributed by atoms with Crippen molar-refractivity contribution in [3.63, 3.8) is 0 Å². The van der Waals surface area contributed by atoms with E-state index in [4.69, 9.17) is 83.9 Å². The minimum Gasteiger partial charge on any atom is -0.357 e. The Kier molecular flexibility index (Phi) is 108. The summed E-state index contributed by atoms with van der Waals surface area (Å²) in [6.07, 6.45) is 0. The number of hydrogen-bond acceptors (Lipinski definition) is 18. The van der Waals surface area contributed by atoms with Crippen LogP contribution >= 0.6 is 0 Å². The zero-order valence-corrected chi connectivity index (χ0v) is 18.4. The predicted octanol–water partition coefficient (Wildman–Crippen LogP) is -21.4. The first kappa shape index (κ1) is 57.0. The summed E-state index contributed by atoms with van der Waals surface area (Å²) < 4.78 is 151. The van der Waals surface area contributed by atoms with Gasteiger partial charge in [0.25, 0.3) is 0 Å². The van der Waals surface area contributed by atoms with Gasteiger partial charge in [0.1, 0.15) is 0 Å². The maximum Gasteiger partial charge on any atom is 2.00 e. The molecule has 0 rings (SSSR count). The molecule has 18 nitrogen and oxygen atoms in total. The van der Waals surface area contributed by atoms with Crippen molar-refractivity contribution in [2.75, 3.05) is 0 Å². The first-order chi connectivity index (χ1) is 10.4. The zero-order valence-electron chi connectivity index (χ0n) is 10.6. The van der Waals surface area contributed by atoms with Crippen molar-refractivity contribution in [2.45, 2.75) is 0 Å². The first-order valence-corrected chi connectivity index (χ1v) is 8.33. The summed E-state index contributed by atoms with van der Waals surface area (Å²) in [5.74, 6) is 0. The van der Waals surface area contributed by atoms with Gasteiger partial charge >= 0.3 is 50.3 Å². The minimum atomic E-state index is -2.85. The summed E-state index contributed by atoms with van der Waals surface area (Å²) in [5.41, 5.74) is 0. The number of hydrogen-bond donors (Lipinski definition) is 0. The molecule has 0 aromatic heterocycles. The second-order valence-electron chi connectivity index (χ2n) is 1.13. The summed E-state index contributed by atoms with van der Waals surface area (Å²) >= 11 is 0. The topological polar surface area (TPSA) is 415 Å². The van der Waals surface area contributed by atoms with Crippen LogP contribution in [0.25, 0.3) is 0 Å². The largest absolute Gasteiger partial charge is 2.00 e. The summed E-state index contributed by atoms with van der Waals surface area (Å²) in [4.78, 5) is 0. The maximum absolute atomic E-state index is 8.41. The molecule has 0 aliphatic carbocycles. The van der Waals surface area contributed by atoms with Crippen LogP contribution in [0.3, 0.4) is 0 Å². The normalized spacial score (nSPS) is 8.00. The number of halogens is 6. The van der Waals surface area contributed by atoms with Gasteiger partial charge in [-0.15, -0.1) is 0 Å².